The predicted octanol–water partition coefficient (Wildman–Crippen LogP) is 7.44. The first-order chi connectivity index (χ1) is 25.5. The van der Waals surface area contributed by atoms with Crippen molar-refractivity contribution in [1.82, 2.24) is 29.5 Å². The minimum Gasteiger partial charge on any atom is -0.378 e. The van der Waals surface area contributed by atoms with Crippen molar-refractivity contribution in [2.45, 2.75) is 64.3 Å². The van der Waals surface area contributed by atoms with Gasteiger partial charge in [-0.05, 0) is 80.1 Å². The summed E-state index contributed by atoms with van der Waals surface area (Å²) in [6.45, 7) is 8.98. The number of anilines is 2. The van der Waals surface area contributed by atoms with Crippen LogP contribution in [0.2, 0.25) is 0 Å². The molecule has 0 amide bonds. The Hall–Kier alpha value is -4.36. The Bertz CT molecular complexity index is 2110. The fraction of sp³-hybridized carbons (Fsp3) is 0.400. The topological polar surface area (TPSA) is 86.4 Å². The third-order valence-electron chi connectivity index (χ3n) is 10.3. The first-order valence-corrected chi connectivity index (χ1v) is 20.1. The molecular formula is C40H44N8O2S2. The summed E-state index contributed by atoms with van der Waals surface area (Å²) >= 11 is 3.58. The minimum atomic E-state index is 0.246. The van der Waals surface area contributed by atoms with E-state index in [4.69, 9.17) is 24.5 Å². The Balaban J connectivity index is 0.916. The van der Waals surface area contributed by atoms with Gasteiger partial charge in [0.2, 0.25) is 0 Å². The van der Waals surface area contributed by atoms with Gasteiger partial charge in [-0.2, -0.15) is 10.2 Å². The molecule has 2 unspecified atom stereocenters. The summed E-state index contributed by atoms with van der Waals surface area (Å²) < 4.78 is 15.9. The van der Waals surface area contributed by atoms with E-state index in [9.17, 15) is 0 Å². The van der Waals surface area contributed by atoms with Gasteiger partial charge < -0.3 is 19.3 Å². The molecule has 0 saturated carbocycles. The zero-order valence-electron chi connectivity index (χ0n) is 29.7. The molecule has 7 heterocycles. The number of fused-ring (bicyclic) bond motifs is 1. The third-order valence-corrected chi connectivity index (χ3v) is 12.4. The van der Waals surface area contributed by atoms with Crippen molar-refractivity contribution in [3.8, 4) is 22.5 Å². The highest BCUT2D eigenvalue weighted by Gasteiger charge is 2.33. The highest BCUT2D eigenvalue weighted by Crippen LogP contribution is 2.35. The molecule has 0 spiro atoms. The molecule has 4 aromatic heterocycles. The average Bonchev–Trinajstić information content (AvgIpc) is 3.98. The number of piperidine rings is 1. The van der Waals surface area contributed by atoms with Crippen LogP contribution in [0.5, 0.6) is 0 Å². The van der Waals surface area contributed by atoms with E-state index in [2.05, 4.69) is 83.6 Å². The van der Waals surface area contributed by atoms with Gasteiger partial charge in [0.1, 0.15) is 0 Å². The van der Waals surface area contributed by atoms with E-state index in [0.717, 1.165) is 84.8 Å². The monoisotopic (exact) mass is 732 g/mol. The summed E-state index contributed by atoms with van der Waals surface area (Å²) in [5, 5.41) is 11.5. The Kier molecular flexibility index (Phi) is 9.38. The quantitative estimate of drug-likeness (QED) is 0.136. The molecule has 9 rings (SSSR count). The number of nitrogens with zero attached hydrogens (tertiary/aromatic N) is 8. The zero-order chi connectivity index (χ0) is 35.0. The van der Waals surface area contributed by atoms with Crippen molar-refractivity contribution < 1.29 is 9.47 Å². The van der Waals surface area contributed by atoms with Crippen LogP contribution < -0.4 is 9.80 Å². The lowest BCUT2D eigenvalue weighted by Gasteiger charge is -2.40. The Morgan fingerprint density at radius 1 is 0.846 bits per heavy atom. The lowest BCUT2D eigenvalue weighted by molar-refractivity contribution is -0.0357. The molecular weight excluding hydrogens is 689 g/mol. The SMILES string of the molecule is CC(C)OC1CN(c2ncc(Cc3cc(-n4cccn4)ccc3-c3cnn(-c4cccc(Cc5cnc(N6CCC7OCCCC7C6)s5)c4)c3)s2)C1. The molecule has 268 valence electrons. The number of aromatic nitrogens is 6. The molecule has 0 aliphatic carbocycles. The van der Waals surface area contributed by atoms with E-state index in [1.807, 2.05) is 51.6 Å². The highest BCUT2D eigenvalue weighted by atomic mass is 32.1. The predicted molar refractivity (Wildman–Crippen MR) is 207 cm³/mol. The lowest BCUT2D eigenvalue weighted by Crippen LogP contribution is -2.53. The van der Waals surface area contributed by atoms with Crippen LogP contribution in [-0.2, 0) is 22.3 Å². The Labute approximate surface area is 312 Å². The molecule has 0 bridgehead atoms. The van der Waals surface area contributed by atoms with Crippen molar-refractivity contribution in [3.63, 3.8) is 0 Å². The number of rotatable bonds is 11. The van der Waals surface area contributed by atoms with Gasteiger partial charge >= 0.3 is 0 Å². The first-order valence-electron chi connectivity index (χ1n) is 18.4. The average molecular weight is 733 g/mol. The molecule has 2 atom stereocenters. The van der Waals surface area contributed by atoms with Gasteiger partial charge in [0.25, 0.3) is 0 Å². The number of hydrogen-bond acceptors (Lipinski definition) is 10. The van der Waals surface area contributed by atoms with Gasteiger partial charge in [0.15, 0.2) is 10.3 Å². The molecule has 52 heavy (non-hydrogen) atoms. The molecule has 0 N–H and O–H groups in total. The summed E-state index contributed by atoms with van der Waals surface area (Å²) in [6.07, 6.45) is 18.1. The minimum absolute atomic E-state index is 0.246. The summed E-state index contributed by atoms with van der Waals surface area (Å²) in [7, 11) is 0. The van der Waals surface area contributed by atoms with Crippen molar-refractivity contribution in [1.29, 1.82) is 0 Å². The number of thiazole rings is 2. The van der Waals surface area contributed by atoms with Crippen molar-refractivity contribution in [3.05, 3.63) is 107 Å². The van der Waals surface area contributed by atoms with E-state index < -0.39 is 0 Å². The van der Waals surface area contributed by atoms with Crippen LogP contribution in [0, 0.1) is 5.92 Å². The van der Waals surface area contributed by atoms with Gasteiger partial charge in [-0.15, -0.1) is 22.7 Å². The number of hydrogen-bond donors (Lipinski definition) is 0. The molecule has 3 fully saturated rings. The van der Waals surface area contributed by atoms with Crippen LogP contribution in [0.15, 0.2) is 85.7 Å². The van der Waals surface area contributed by atoms with Crippen LogP contribution in [0.25, 0.3) is 22.5 Å². The fourth-order valence-electron chi connectivity index (χ4n) is 7.75. The van der Waals surface area contributed by atoms with E-state index in [1.165, 1.54) is 33.7 Å². The van der Waals surface area contributed by atoms with Gasteiger partial charge in [-0.25, -0.2) is 19.3 Å². The first kappa shape index (κ1) is 33.5. The molecule has 0 radical (unpaired) electrons. The van der Waals surface area contributed by atoms with Crippen LogP contribution in [0.1, 0.15) is 54.0 Å². The van der Waals surface area contributed by atoms with E-state index in [1.54, 1.807) is 11.3 Å². The zero-order valence-corrected chi connectivity index (χ0v) is 31.3. The van der Waals surface area contributed by atoms with E-state index in [0.29, 0.717) is 12.0 Å². The molecule has 3 aliphatic rings. The van der Waals surface area contributed by atoms with Crippen LogP contribution in [-0.4, -0.2) is 80.6 Å². The van der Waals surface area contributed by atoms with Crippen molar-refractivity contribution >= 4 is 32.9 Å². The second kappa shape index (κ2) is 14.6. The summed E-state index contributed by atoms with van der Waals surface area (Å²) in [6, 6.07) is 17.2. The standard InChI is InChI=1S/C40H44N8O2S2/c1-27(2)50-34-25-46(26-34)40-42-22-36(52-40)19-30-18-33(47-13-5-12-43-47)9-10-37(30)31-20-44-48(24-31)32-8-3-6-28(16-32)17-35-21-41-39(51-35)45-14-11-38-29(23-45)7-4-15-49-38/h3,5-6,8-10,12-13,16,18,20-22,24,27,29,34,38H,4,7,11,14-15,17,19,23,25-26H2,1-2H3. The summed E-state index contributed by atoms with van der Waals surface area (Å²) in [5.41, 5.74) is 6.77. The number of benzene rings is 2. The van der Waals surface area contributed by atoms with Crippen molar-refractivity contribution in [2.75, 3.05) is 42.6 Å². The van der Waals surface area contributed by atoms with E-state index >= 15 is 0 Å². The second-order valence-electron chi connectivity index (χ2n) is 14.5. The Morgan fingerprint density at radius 3 is 2.50 bits per heavy atom. The van der Waals surface area contributed by atoms with Crippen LogP contribution in [0.3, 0.4) is 0 Å². The molecule has 10 nitrogen and oxygen atoms in total. The maximum atomic E-state index is 6.04. The molecule has 6 aromatic rings. The summed E-state index contributed by atoms with van der Waals surface area (Å²) in [4.78, 5) is 16.9. The Morgan fingerprint density at radius 2 is 1.67 bits per heavy atom. The molecule has 3 aliphatic heterocycles. The third kappa shape index (κ3) is 7.17. The number of ether oxygens (including phenoxy) is 2. The van der Waals surface area contributed by atoms with E-state index in [-0.39, 0.29) is 12.2 Å². The second-order valence-corrected chi connectivity index (χ2v) is 16.7. The van der Waals surface area contributed by atoms with Gasteiger partial charge in [0, 0.05) is 97.8 Å². The fourth-order valence-corrected chi connectivity index (χ4v) is 9.68. The summed E-state index contributed by atoms with van der Waals surface area (Å²) in [5.74, 6) is 0.630. The van der Waals surface area contributed by atoms with Crippen molar-refractivity contribution in [2.24, 2.45) is 5.92 Å². The van der Waals surface area contributed by atoms with Crippen LogP contribution >= 0.6 is 22.7 Å². The van der Waals surface area contributed by atoms with Gasteiger partial charge in [-0.1, -0.05) is 18.2 Å². The largest absolute Gasteiger partial charge is 0.378 e. The highest BCUT2D eigenvalue weighted by molar-refractivity contribution is 7.15. The molecule has 3 saturated heterocycles. The van der Waals surface area contributed by atoms with Gasteiger partial charge in [-0.3, -0.25) is 0 Å². The lowest BCUT2D eigenvalue weighted by atomic mass is 9.89. The van der Waals surface area contributed by atoms with Crippen LogP contribution in [0.4, 0.5) is 10.3 Å². The molecule has 2 aromatic carbocycles. The normalized spacial score (nSPS) is 19.3. The molecule has 12 heteroatoms. The van der Waals surface area contributed by atoms with Gasteiger partial charge in [0.05, 0.1) is 35.9 Å². The smallest absolute Gasteiger partial charge is 0.185 e. The maximum Gasteiger partial charge on any atom is 0.185 e. The maximum absolute atomic E-state index is 6.04.